The van der Waals surface area contributed by atoms with E-state index in [1.54, 1.807) is 0 Å². The molecule has 0 aromatic heterocycles. The van der Waals surface area contributed by atoms with Gasteiger partial charge in [0.25, 0.3) is 0 Å². The summed E-state index contributed by atoms with van der Waals surface area (Å²) >= 11 is 0. The lowest BCUT2D eigenvalue weighted by molar-refractivity contribution is -0.0440. The van der Waals surface area contributed by atoms with E-state index in [4.69, 9.17) is 0 Å². The monoisotopic (exact) mass is 294 g/mol. The van der Waals surface area contributed by atoms with Gasteiger partial charge in [-0.3, -0.25) is 0 Å². The summed E-state index contributed by atoms with van der Waals surface area (Å²) in [4.78, 5) is 0. The van der Waals surface area contributed by atoms with Gasteiger partial charge < -0.3 is 20.4 Å². The quantitative estimate of drug-likeness (QED) is 0.499. The Balaban J connectivity index is 1.64. The number of rotatable bonds is 0. The summed E-state index contributed by atoms with van der Waals surface area (Å²) in [7, 11) is 0. The van der Waals surface area contributed by atoms with E-state index in [2.05, 4.69) is 0 Å². The van der Waals surface area contributed by atoms with Gasteiger partial charge in [0.15, 0.2) is 0 Å². The summed E-state index contributed by atoms with van der Waals surface area (Å²) in [5.41, 5.74) is 1.25. The highest BCUT2D eigenvalue weighted by molar-refractivity contribution is 5.22. The fraction of sp³-hybridized carbons (Fsp3) is 0.882. The van der Waals surface area contributed by atoms with Crippen LogP contribution in [0.2, 0.25) is 0 Å². The van der Waals surface area contributed by atoms with Crippen LogP contribution in [0.15, 0.2) is 11.6 Å². The average Bonchev–Trinajstić information content (AvgIpc) is 2.73. The van der Waals surface area contributed by atoms with Crippen molar-refractivity contribution in [2.24, 2.45) is 29.6 Å². The van der Waals surface area contributed by atoms with Gasteiger partial charge in [0.2, 0.25) is 0 Å². The van der Waals surface area contributed by atoms with Crippen LogP contribution in [-0.2, 0) is 0 Å². The molecule has 21 heavy (non-hydrogen) atoms. The predicted molar refractivity (Wildman–Crippen MR) is 77.3 cm³/mol. The molecule has 4 nitrogen and oxygen atoms in total. The second kappa shape index (κ2) is 5.05. The van der Waals surface area contributed by atoms with Crippen LogP contribution in [0.1, 0.15) is 38.5 Å². The molecule has 0 amide bonds. The maximum Gasteiger partial charge on any atom is 0.0830 e. The molecule has 3 unspecified atom stereocenters. The number of aliphatic hydroxyl groups excluding tert-OH is 4. The van der Waals surface area contributed by atoms with Crippen molar-refractivity contribution in [2.75, 3.05) is 0 Å². The number of aliphatic hydroxyl groups is 4. The predicted octanol–water partition coefficient (Wildman–Crippen LogP) is 0.832. The maximum atomic E-state index is 10.6. The van der Waals surface area contributed by atoms with E-state index in [-0.39, 0.29) is 23.9 Å². The van der Waals surface area contributed by atoms with Gasteiger partial charge in [-0.1, -0.05) is 11.6 Å². The molecule has 4 heteroatoms. The molecule has 9 atom stereocenters. The van der Waals surface area contributed by atoms with Crippen molar-refractivity contribution in [3.8, 4) is 0 Å². The molecule has 0 aromatic rings. The number of fused-ring (bicyclic) bond motifs is 5. The first-order valence-corrected chi connectivity index (χ1v) is 8.49. The largest absolute Gasteiger partial charge is 0.393 e. The molecule has 0 aromatic carbocycles. The zero-order valence-electron chi connectivity index (χ0n) is 12.3. The van der Waals surface area contributed by atoms with Crippen LogP contribution >= 0.6 is 0 Å². The molecular weight excluding hydrogens is 268 g/mol. The van der Waals surface area contributed by atoms with Crippen molar-refractivity contribution < 1.29 is 20.4 Å². The summed E-state index contributed by atoms with van der Waals surface area (Å²) in [6.07, 6.45) is 5.24. The van der Waals surface area contributed by atoms with Gasteiger partial charge in [0.1, 0.15) is 0 Å². The Morgan fingerprint density at radius 3 is 2.43 bits per heavy atom. The lowest BCUT2D eigenvalue weighted by Crippen LogP contribution is -2.48. The van der Waals surface area contributed by atoms with E-state index in [1.807, 2.05) is 6.08 Å². The molecule has 0 heterocycles. The lowest BCUT2D eigenvalue weighted by Gasteiger charge is -2.50. The Hall–Kier alpha value is -0.420. The smallest absolute Gasteiger partial charge is 0.0830 e. The molecule has 0 spiro atoms. The van der Waals surface area contributed by atoms with Gasteiger partial charge in [-0.2, -0.15) is 0 Å². The molecule has 3 saturated carbocycles. The number of hydrogen-bond donors (Lipinski definition) is 4. The molecule has 118 valence electrons. The third kappa shape index (κ3) is 2.11. The average molecular weight is 294 g/mol. The van der Waals surface area contributed by atoms with E-state index in [9.17, 15) is 20.4 Å². The first kappa shape index (κ1) is 14.2. The molecular formula is C17H26O4. The van der Waals surface area contributed by atoms with Crippen molar-refractivity contribution in [2.45, 2.75) is 62.9 Å². The van der Waals surface area contributed by atoms with Gasteiger partial charge in [-0.15, -0.1) is 0 Å². The highest BCUT2D eigenvalue weighted by Gasteiger charge is 2.54. The Bertz CT molecular complexity index is 448. The Morgan fingerprint density at radius 2 is 1.62 bits per heavy atom. The van der Waals surface area contributed by atoms with Gasteiger partial charge in [0, 0.05) is 0 Å². The minimum atomic E-state index is -0.621. The number of hydrogen-bond acceptors (Lipinski definition) is 4. The summed E-state index contributed by atoms with van der Waals surface area (Å²) in [5.74, 6) is 1.54. The fourth-order valence-corrected chi connectivity index (χ4v) is 5.92. The molecule has 4 N–H and O–H groups in total. The zero-order chi connectivity index (χ0) is 14.7. The fourth-order valence-electron chi connectivity index (χ4n) is 5.92. The molecule has 0 saturated heterocycles. The van der Waals surface area contributed by atoms with E-state index in [0.29, 0.717) is 24.7 Å². The Kier molecular flexibility index (Phi) is 3.41. The van der Waals surface area contributed by atoms with Crippen LogP contribution in [0, 0.1) is 29.6 Å². The molecule has 0 aliphatic heterocycles. The van der Waals surface area contributed by atoms with E-state index >= 15 is 0 Å². The lowest BCUT2D eigenvalue weighted by atomic mass is 9.56. The summed E-state index contributed by atoms with van der Waals surface area (Å²) < 4.78 is 0. The molecule has 3 fully saturated rings. The molecule has 0 radical (unpaired) electrons. The van der Waals surface area contributed by atoms with E-state index in [1.165, 1.54) is 5.57 Å². The summed E-state index contributed by atoms with van der Waals surface area (Å²) in [6, 6.07) is 0. The SMILES string of the molecule is O[C@H]1CC[C@H]2C(=C[C@H](O)C3C2CC[C@H]2C3C[C@H](O)[C@H]2O)C1. The zero-order valence-corrected chi connectivity index (χ0v) is 12.3. The van der Waals surface area contributed by atoms with Crippen molar-refractivity contribution in [1.82, 2.24) is 0 Å². The Labute approximate surface area is 125 Å². The van der Waals surface area contributed by atoms with Crippen molar-refractivity contribution >= 4 is 0 Å². The summed E-state index contributed by atoms with van der Waals surface area (Å²) in [5, 5.41) is 40.6. The second-order valence-corrected chi connectivity index (χ2v) is 7.71. The van der Waals surface area contributed by atoms with Crippen LogP contribution in [0.3, 0.4) is 0 Å². The minimum Gasteiger partial charge on any atom is -0.393 e. The normalized spacial score (nSPS) is 56.2. The van der Waals surface area contributed by atoms with Crippen LogP contribution in [0.5, 0.6) is 0 Å². The van der Waals surface area contributed by atoms with E-state index < -0.39 is 18.3 Å². The molecule has 0 bridgehead atoms. The first-order valence-electron chi connectivity index (χ1n) is 8.49. The van der Waals surface area contributed by atoms with Crippen molar-refractivity contribution in [3.05, 3.63) is 11.6 Å². The topological polar surface area (TPSA) is 80.9 Å². The highest BCUT2D eigenvalue weighted by atomic mass is 16.3. The van der Waals surface area contributed by atoms with Crippen molar-refractivity contribution in [1.29, 1.82) is 0 Å². The van der Waals surface area contributed by atoms with Crippen molar-refractivity contribution in [3.63, 3.8) is 0 Å². The van der Waals surface area contributed by atoms with Crippen LogP contribution < -0.4 is 0 Å². The first-order chi connectivity index (χ1) is 10.1. The van der Waals surface area contributed by atoms with Gasteiger partial charge in [-0.25, -0.2) is 0 Å². The van der Waals surface area contributed by atoms with Gasteiger partial charge in [0.05, 0.1) is 24.4 Å². The van der Waals surface area contributed by atoms with Gasteiger partial charge in [-0.05, 0) is 68.1 Å². The third-order valence-electron chi connectivity index (χ3n) is 6.77. The standard InChI is InChI=1S/C17H26O4/c18-9-1-2-10-8(5-9)6-14(19)16-11(10)3-4-12-13(16)7-15(20)17(12)21/h6,9-21H,1-5,7H2/t9-,10-,11?,12-,13?,14-,15-,16?,17-/m0/s1. The van der Waals surface area contributed by atoms with Gasteiger partial charge >= 0.3 is 0 Å². The molecule has 4 rings (SSSR count). The third-order valence-corrected chi connectivity index (χ3v) is 6.77. The maximum absolute atomic E-state index is 10.6. The molecule has 4 aliphatic rings. The van der Waals surface area contributed by atoms with E-state index in [0.717, 1.165) is 25.7 Å². The van der Waals surface area contributed by atoms with Crippen LogP contribution in [0.25, 0.3) is 0 Å². The molecule has 4 aliphatic carbocycles. The second-order valence-electron chi connectivity index (χ2n) is 7.71. The van der Waals surface area contributed by atoms with Crippen LogP contribution in [0.4, 0.5) is 0 Å². The van der Waals surface area contributed by atoms with Crippen LogP contribution in [-0.4, -0.2) is 44.8 Å². The Morgan fingerprint density at radius 1 is 0.857 bits per heavy atom. The highest BCUT2D eigenvalue weighted by Crippen LogP contribution is 2.56. The minimum absolute atomic E-state index is 0.153. The summed E-state index contributed by atoms with van der Waals surface area (Å²) in [6.45, 7) is 0.